The van der Waals surface area contributed by atoms with Crippen molar-refractivity contribution in [3.63, 3.8) is 0 Å². The number of thiazole rings is 1. The standard InChI is InChI=1S/C17H18ClN3O6S/c1-3-27-17(23)14-10-28-15(19-14)9-20(6-7-26-2)16(22)12-5-4-11(21(24)25)8-13(12)18/h4-5,8,10H,3,6-7,9H2,1-2H3. The SMILES string of the molecule is CCOC(=O)c1csc(CN(CCOC)C(=O)c2ccc([N+](=O)[O-])cc2Cl)n1. The second kappa shape index (κ2) is 10.1. The molecule has 0 bridgehead atoms. The zero-order valence-corrected chi connectivity index (χ0v) is 16.8. The molecular formula is C17H18ClN3O6S. The largest absolute Gasteiger partial charge is 0.461 e. The predicted molar refractivity (Wildman–Crippen MR) is 103 cm³/mol. The molecule has 0 saturated carbocycles. The van der Waals surface area contributed by atoms with E-state index >= 15 is 0 Å². The van der Waals surface area contributed by atoms with Gasteiger partial charge in [0.25, 0.3) is 11.6 Å². The second-order valence-electron chi connectivity index (χ2n) is 5.49. The number of benzene rings is 1. The van der Waals surface area contributed by atoms with Crippen molar-refractivity contribution >= 4 is 40.5 Å². The van der Waals surface area contributed by atoms with Crippen LogP contribution in [0.15, 0.2) is 23.6 Å². The second-order valence-corrected chi connectivity index (χ2v) is 6.84. The van der Waals surface area contributed by atoms with E-state index in [2.05, 4.69) is 4.98 Å². The van der Waals surface area contributed by atoms with Crippen LogP contribution in [0.1, 0.15) is 32.8 Å². The summed E-state index contributed by atoms with van der Waals surface area (Å²) in [4.78, 5) is 40.6. The smallest absolute Gasteiger partial charge is 0.357 e. The fourth-order valence-electron chi connectivity index (χ4n) is 2.26. The quantitative estimate of drug-likeness (QED) is 0.343. The molecular weight excluding hydrogens is 410 g/mol. The average molecular weight is 428 g/mol. The van der Waals surface area contributed by atoms with Crippen LogP contribution in [-0.4, -0.2) is 53.6 Å². The first-order chi connectivity index (χ1) is 13.4. The summed E-state index contributed by atoms with van der Waals surface area (Å²) in [7, 11) is 1.50. The minimum Gasteiger partial charge on any atom is -0.461 e. The Morgan fingerprint density at radius 1 is 1.39 bits per heavy atom. The minimum atomic E-state index is -0.588. The summed E-state index contributed by atoms with van der Waals surface area (Å²) in [6.07, 6.45) is 0. The van der Waals surface area contributed by atoms with Gasteiger partial charge in [-0.25, -0.2) is 9.78 Å². The molecule has 1 heterocycles. The molecule has 0 unspecified atom stereocenters. The third-order valence-corrected chi connectivity index (χ3v) is 4.76. The molecule has 0 fully saturated rings. The monoisotopic (exact) mass is 427 g/mol. The summed E-state index contributed by atoms with van der Waals surface area (Å²) in [6.45, 7) is 2.58. The summed E-state index contributed by atoms with van der Waals surface area (Å²) in [5.41, 5.74) is 0.101. The molecule has 1 aromatic heterocycles. The molecule has 0 radical (unpaired) electrons. The Bertz CT molecular complexity index is 872. The zero-order chi connectivity index (χ0) is 20.7. The first-order valence-electron chi connectivity index (χ1n) is 8.21. The van der Waals surface area contributed by atoms with Crippen molar-refractivity contribution in [2.75, 3.05) is 26.9 Å². The number of amides is 1. The lowest BCUT2D eigenvalue weighted by Gasteiger charge is -2.21. The molecule has 0 aliphatic heterocycles. The summed E-state index contributed by atoms with van der Waals surface area (Å²) in [6, 6.07) is 3.66. The molecule has 150 valence electrons. The van der Waals surface area contributed by atoms with Crippen LogP contribution in [0.3, 0.4) is 0 Å². The number of nitro groups is 1. The average Bonchev–Trinajstić information content (AvgIpc) is 3.13. The summed E-state index contributed by atoms with van der Waals surface area (Å²) < 4.78 is 9.95. The third-order valence-electron chi connectivity index (χ3n) is 3.61. The van der Waals surface area contributed by atoms with Gasteiger partial charge >= 0.3 is 5.97 Å². The minimum absolute atomic E-state index is 0.0204. The molecule has 0 aliphatic rings. The van der Waals surface area contributed by atoms with Gasteiger partial charge in [0.2, 0.25) is 0 Å². The number of nitrogens with zero attached hydrogens (tertiary/aromatic N) is 3. The molecule has 11 heteroatoms. The summed E-state index contributed by atoms with van der Waals surface area (Å²) in [5, 5.41) is 12.9. The molecule has 2 aromatic rings. The topological polar surface area (TPSA) is 112 Å². The van der Waals surface area contributed by atoms with Gasteiger partial charge in [0.15, 0.2) is 5.69 Å². The number of ether oxygens (including phenoxy) is 2. The number of aromatic nitrogens is 1. The number of halogens is 1. The van der Waals surface area contributed by atoms with Crippen LogP contribution < -0.4 is 0 Å². The van der Waals surface area contributed by atoms with Crippen molar-refractivity contribution in [3.8, 4) is 0 Å². The Kier molecular flexibility index (Phi) is 7.85. The lowest BCUT2D eigenvalue weighted by Crippen LogP contribution is -2.33. The first kappa shape index (κ1) is 21.7. The molecule has 1 aromatic carbocycles. The van der Waals surface area contributed by atoms with Gasteiger partial charge in [0.1, 0.15) is 5.01 Å². The van der Waals surface area contributed by atoms with E-state index in [0.29, 0.717) is 5.01 Å². The Balaban J connectivity index is 2.22. The van der Waals surface area contributed by atoms with Crippen LogP contribution in [0.25, 0.3) is 0 Å². The number of esters is 1. The van der Waals surface area contributed by atoms with Gasteiger partial charge in [0, 0.05) is 31.2 Å². The van der Waals surface area contributed by atoms with Crippen LogP contribution in [0.2, 0.25) is 5.02 Å². The highest BCUT2D eigenvalue weighted by atomic mass is 35.5. The maximum Gasteiger partial charge on any atom is 0.357 e. The van der Waals surface area contributed by atoms with E-state index in [9.17, 15) is 19.7 Å². The number of rotatable bonds is 9. The van der Waals surface area contributed by atoms with Gasteiger partial charge in [-0.15, -0.1) is 11.3 Å². The normalized spacial score (nSPS) is 10.5. The van der Waals surface area contributed by atoms with Gasteiger partial charge < -0.3 is 14.4 Å². The van der Waals surface area contributed by atoms with Crippen molar-refractivity contribution in [1.82, 2.24) is 9.88 Å². The van der Waals surface area contributed by atoms with Crippen LogP contribution in [0.5, 0.6) is 0 Å². The van der Waals surface area contributed by atoms with Gasteiger partial charge in [-0.2, -0.15) is 0 Å². The number of non-ortho nitro benzene ring substituents is 1. The van der Waals surface area contributed by atoms with Gasteiger partial charge in [-0.1, -0.05) is 11.6 Å². The molecule has 0 atom stereocenters. The molecule has 0 spiro atoms. The number of nitro benzene ring substituents is 1. The van der Waals surface area contributed by atoms with Crippen LogP contribution in [-0.2, 0) is 16.0 Å². The molecule has 0 N–H and O–H groups in total. The van der Waals surface area contributed by atoms with Gasteiger partial charge in [0.05, 0.1) is 35.3 Å². The number of hydrogen-bond donors (Lipinski definition) is 0. The van der Waals surface area contributed by atoms with Crippen LogP contribution >= 0.6 is 22.9 Å². The lowest BCUT2D eigenvalue weighted by molar-refractivity contribution is -0.384. The molecule has 2 rings (SSSR count). The highest BCUT2D eigenvalue weighted by Gasteiger charge is 2.22. The predicted octanol–water partition coefficient (Wildman–Crippen LogP) is 3.17. The zero-order valence-electron chi connectivity index (χ0n) is 15.2. The highest BCUT2D eigenvalue weighted by Crippen LogP contribution is 2.24. The summed E-state index contributed by atoms with van der Waals surface area (Å²) in [5.74, 6) is -0.956. The molecule has 9 nitrogen and oxygen atoms in total. The highest BCUT2D eigenvalue weighted by molar-refractivity contribution is 7.09. The Labute approximate surface area is 170 Å². The van der Waals surface area contributed by atoms with E-state index in [4.69, 9.17) is 21.1 Å². The van der Waals surface area contributed by atoms with Crippen molar-refractivity contribution in [1.29, 1.82) is 0 Å². The fraction of sp³-hybridized carbons (Fsp3) is 0.353. The van der Waals surface area contributed by atoms with Crippen molar-refractivity contribution in [2.45, 2.75) is 13.5 Å². The van der Waals surface area contributed by atoms with Crippen LogP contribution in [0.4, 0.5) is 5.69 Å². The van der Waals surface area contributed by atoms with Crippen molar-refractivity contribution in [3.05, 3.63) is 55.0 Å². The van der Waals surface area contributed by atoms with E-state index in [0.717, 1.165) is 6.07 Å². The first-order valence-corrected chi connectivity index (χ1v) is 9.46. The maximum atomic E-state index is 12.9. The number of carbonyl (C=O) groups is 2. The third kappa shape index (κ3) is 5.47. The Hall–Kier alpha value is -2.56. The van der Waals surface area contributed by atoms with Gasteiger partial charge in [-0.3, -0.25) is 14.9 Å². The van der Waals surface area contributed by atoms with Gasteiger partial charge in [-0.05, 0) is 13.0 Å². The Morgan fingerprint density at radius 2 is 2.14 bits per heavy atom. The number of methoxy groups -OCH3 is 1. The van der Waals surface area contributed by atoms with E-state index < -0.39 is 16.8 Å². The molecule has 0 aliphatic carbocycles. The van der Waals surface area contributed by atoms with Crippen molar-refractivity contribution < 1.29 is 24.0 Å². The maximum absolute atomic E-state index is 12.9. The Morgan fingerprint density at radius 3 is 2.75 bits per heavy atom. The van der Waals surface area contributed by atoms with E-state index in [1.165, 1.54) is 35.5 Å². The number of carbonyl (C=O) groups excluding carboxylic acids is 2. The lowest BCUT2D eigenvalue weighted by atomic mass is 10.1. The van der Waals surface area contributed by atoms with Crippen molar-refractivity contribution in [2.24, 2.45) is 0 Å². The number of hydrogen-bond acceptors (Lipinski definition) is 8. The van der Waals surface area contributed by atoms with E-state index in [1.807, 2.05) is 0 Å². The fourth-order valence-corrected chi connectivity index (χ4v) is 3.29. The molecule has 1 amide bonds. The summed E-state index contributed by atoms with van der Waals surface area (Å²) >= 11 is 7.29. The van der Waals surface area contributed by atoms with E-state index in [1.54, 1.807) is 12.3 Å². The van der Waals surface area contributed by atoms with Crippen LogP contribution in [0, 0.1) is 10.1 Å². The van der Waals surface area contributed by atoms with E-state index in [-0.39, 0.29) is 48.3 Å². The molecule has 0 saturated heterocycles. The molecule has 28 heavy (non-hydrogen) atoms.